The van der Waals surface area contributed by atoms with Crippen LogP contribution in [0.15, 0.2) is 102 Å². The highest BCUT2D eigenvalue weighted by molar-refractivity contribution is 6.12. The second kappa shape index (κ2) is 17.0. The van der Waals surface area contributed by atoms with E-state index >= 15 is 8.78 Å². The number of amides is 4. The first-order valence-electron chi connectivity index (χ1n) is 21.1. The summed E-state index contributed by atoms with van der Waals surface area (Å²) in [5.41, 5.74) is 6.01. The number of benzene rings is 5. The quantitative estimate of drug-likeness (QED) is 0.151. The highest BCUT2D eigenvalue weighted by atomic mass is 19.1. The Labute approximate surface area is 371 Å². The number of carbonyl (C=O) groups is 4. The molecular weight excluding hydrogens is 835 g/mol. The zero-order valence-electron chi connectivity index (χ0n) is 36.0. The number of imide groups is 1. The third kappa shape index (κ3) is 7.89. The van der Waals surface area contributed by atoms with E-state index in [1.807, 2.05) is 30.0 Å². The predicted octanol–water partition coefficient (Wildman–Crippen LogP) is 5.84. The minimum atomic E-state index is -0.665. The lowest BCUT2D eigenvalue weighted by atomic mass is 9.90. The molecule has 0 radical (unpaired) electrons. The standard InChI is InChI=1S/C48H44F2N10O5/c1-27-22-31(58-18-20-59(21-19-58)39-15-8-28(24-38(39)49)34-14-17-41(61)54-46(34)63)9-11-33(27)37-25-32(60-26-52-57(4)48(60)65)10-12-35(37)36-13-16-40-42(43(36)50)44(55-56(40)3)47(64)53-30-7-5-6-29(23-30)45(62)51-2/h5-13,15-16,22-26,34H,14,17-21H2,1-4H3,(H,51,62)(H,53,64)(H,54,61,63). The number of nitrogens with one attached hydrogen (secondary N) is 3. The minimum absolute atomic E-state index is 0.0137. The fraction of sp³-hybridized carbons (Fsp3) is 0.229. The first-order chi connectivity index (χ1) is 31.3. The Morgan fingerprint density at radius 1 is 0.769 bits per heavy atom. The number of hydrogen-bond acceptors (Lipinski definition) is 9. The van der Waals surface area contributed by atoms with Crippen molar-refractivity contribution in [3.8, 4) is 27.9 Å². The number of piperidine rings is 1. The fourth-order valence-corrected chi connectivity index (χ4v) is 8.82. The summed E-state index contributed by atoms with van der Waals surface area (Å²) >= 11 is 0. The number of carbonyl (C=O) groups excluding carboxylic acids is 4. The van der Waals surface area contributed by atoms with Crippen LogP contribution in [0.4, 0.5) is 25.8 Å². The SMILES string of the molecule is CNC(=O)c1cccc(NC(=O)c2nn(C)c3ccc(-c4ccc(-n5cnn(C)c5=O)cc4-c4ccc(N5CCN(c6ccc(C7CCC(=O)NC7=O)cc6F)CC5)cc4C)c(F)c23)c1. The molecule has 9 rings (SSSR count). The Bertz CT molecular complexity index is 3150. The molecule has 0 saturated carbocycles. The van der Waals surface area contributed by atoms with E-state index in [0.29, 0.717) is 77.4 Å². The summed E-state index contributed by atoms with van der Waals surface area (Å²) in [6, 6.07) is 25.9. The van der Waals surface area contributed by atoms with Crippen LogP contribution in [0, 0.1) is 18.6 Å². The van der Waals surface area contributed by atoms with Gasteiger partial charge in [-0.2, -0.15) is 10.2 Å². The van der Waals surface area contributed by atoms with Crippen molar-refractivity contribution >= 4 is 51.6 Å². The maximum Gasteiger partial charge on any atom is 0.350 e. The lowest BCUT2D eigenvalue weighted by Gasteiger charge is -2.38. The topological polar surface area (TPSA) is 168 Å². The molecule has 2 aliphatic rings. The summed E-state index contributed by atoms with van der Waals surface area (Å²) < 4.78 is 36.8. The number of hydrogen-bond donors (Lipinski definition) is 3. The molecule has 0 spiro atoms. The molecule has 2 aliphatic heterocycles. The van der Waals surface area contributed by atoms with E-state index in [1.54, 1.807) is 68.7 Å². The zero-order valence-corrected chi connectivity index (χ0v) is 36.0. The highest BCUT2D eigenvalue weighted by Gasteiger charge is 2.30. The van der Waals surface area contributed by atoms with Crippen LogP contribution in [0.25, 0.3) is 38.8 Å². The molecule has 0 aliphatic carbocycles. The average molecular weight is 879 g/mol. The normalized spacial score (nSPS) is 15.3. The molecule has 65 heavy (non-hydrogen) atoms. The van der Waals surface area contributed by atoms with Gasteiger partial charge in [0, 0.05) is 76.2 Å². The maximum atomic E-state index is 17.2. The van der Waals surface area contributed by atoms with Gasteiger partial charge in [0.25, 0.3) is 11.8 Å². The summed E-state index contributed by atoms with van der Waals surface area (Å²) in [4.78, 5) is 67.3. The van der Waals surface area contributed by atoms with E-state index in [4.69, 9.17) is 0 Å². The number of aryl methyl sites for hydroxylation is 3. The van der Waals surface area contributed by atoms with Crippen molar-refractivity contribution in [1.82, 2.24) is 34.8 Å². The Kier molecular flexibility index (Phi) is 11.1. The highest BCUT2D eigenvalue weighted by Crippen LogP contribution is 2.40. The third-order valence-corrected chi connectivity index (χ3v) is 12.3. The van der Waals surface area contributed by atoms with Crippen molar-refractivity contribution in [2.24, 2.45) is 14.1 Å². The smallest absolute Gasteiger partial charge is 0.350 e. The third-order valence-electron chi connectivity index (χ3n) is 12.3. The van der Waals surface area contributed by atoms with Gasteiger partial charge in [-0.25, -0.2) is 22.8 Å². The van der Waals surface area contributed by atoms with E-state index < -0.39 is 29.4 Å². The number of nitrogens with zero attached hydrogens (tertiary/aromatic N) is 7. The summed E-state index contributed by atoms with van der Waals surface area (Å²) in [5.74, 6) is -3.37. The molecule has 17 heteroatoms. The predicted molar refractivity (Wildman–Crippen MR) is 242 cm³/mol. The van der Waals surface area contributed by atoms with Gasteiger partial charge in [-0.05, 0) is 108 Å². The van der Waals surface area contributed by atoms with E-state index in [0.717, 1.165) is 16.8 Å². The molecule has 5 aromatic carbocycles. The lowest BCUT2D eigenvalue weighted by molar-refractivity contribution is -0.134. The van der Waals surface area contributed by atoms with E-state index in [1.165, 1.54) is 39.4 Å². The molecule has 2 fully saturated rings. The number of anilines is 3. The van der Waals surface area contributed by atoms with Crippen molar-refractivity contribution in [3.63, 3.8) is 0 Å². The van der Waals surface area contributed by atoms with Crippen LogP contribution < -0.4 is 31.4 Å². The van der Waals surface area contributed by atoms with E-state index in [2.05, 4.69) is 37.1 Å². The number of aromatic nitrogens is 5. The van der Waals surface area contributed by atoms with Crippen molar-refractivity contribution in [2.75, 3.05) is 48.3 Å². The molecule has 15 nitrogen and oxygen atoms in total. The van der Waals surface area contributed by atoms with Crippen LogP contribution >= 0.6 is 0 Å². The van der Waals surface area contributed by atoms with Gasteiger partial charge in [-0.1, -0.05) is 24.3 Å². The number of halogens is 2. The first kappa shape index (κ1) is 42.4. The number of rotatable bonds is 9. The molecule has 4 amide bonds. The van der Waals surface area contributed by atoms with Gasteiger partial charge in [0.2, 0.25) is 11.8 Å². The summed E-state index contributed by atoms with van der Waals surface area (Å²) in [6.07, 6.45) is 1.98. The van der Waals surface area contributed by atoms with Gasteiger partial charge in [-0.15, -0.1) is 0 Å². The Morgan fingerprint density at radius 2 is 1.51 bits per heavy atom. The fourth-order valence-electron chi connectivity index (χ4n) is 8.82. The molecule has 7 aromatic rings. The van der Waals surface area contributed by atoms with Crippen molar-refractivity contribution in [1.29, 1.82) is 0 Å². The second-order valence-corrected chi connectivity index (χ2v) is 16.2. The largest absolute Gasteiger partial charge is 0.368 e. The maximum absolute atomic E-state index is 17.2. The molecule has 1 atom stereocenters. The Morgan fingerprint density at radius 3 is 2.22 bits per heavy atom. The first-order valence-corrected chi connectivity index (χ1v) is 21.1. The molecule has 4 heterocycles. The van der Waals surface area contributed by atoms with Gasteiger partial charge in [-0.3, -0.25) is 29.2 Å². The molecular formula is C48H44F2N10O5. The van der Waals surface area contributed by atoms with Crippen LogP contribution in [0.1, 0.15) is 50.7 Å². The van der Waals surface area contributed by atoms with Gasteiger partial charge >= 0.3 is 5.69 Å². The van der Waals surface area contributed by atoms with Gasteiger partial charge < -0.3 is 20.4 Å². The Hall–Kier alpha value is -7.95. The van der Waals surface area contributed by atoms with Crippen LogP contribution in [0.2, 0.25) is 0 Å². The van der Waals surface area contributed by atoms with Crippen molar-refractivity contribution in [2.45, 2.75) is 25.7 Å². The summed E-state index contributed by atoms with van der Waals surface area (Å²) in [5, 5.41) is 16.2. The number of piperazine rings is 1. The molecule has 1 unspecified atom stereocenters. The van der Waals surface area contributed by atoms with Crippen LogP contribution in [0.5, 0.6) is 0 Å². The number of fused-ring (bicyclic) bond motifs is 1. The Balaban J connectivity index is 1.02. The lowest BCUT2D eigenvalue weighted by Crippen LogP contribution is -2.46. The molecule has 0 bridgehead atoms. The van der Waals surface area contributed by atoms with Gasteiger partial charge in [0.1, 0.15) is 18.0 Å². The van der Waals surface area contributed by atoms with E-state index in [-0.39, 0.29) is 40.6 Å². The van der Waals surface area contributed by atoms with Crippen LogP contribution in [-0.4, -0.2) is 81.0 Å². The monoisotopic (exact) mass is 878 g/mol. The van der Waals surface area contributed by atoms with Gasteiger partial charge in [0.05, 0.1) is 28.2 Å². The van der Waals surface area contributed by atoms with Crippen LogP contribution in [-0.2, 0) is 23.7 Å². The minimum Gasteiger partial charge on any atom is -0.368 e. The van der Waals surface area contributed by atoms with E-state index in [9.17, 15) is 24.0 Å². The summed E-state index contributed by atoms with van der Waals surface area (Å²) in [7, 11) is 4.69. The average Bonchev–Trinajstić information content (AvgIpc) is 3.83. The van der Waals surface area contributed by atoms with Crippen LogP contribution in [0.3, 0.4) is 0 Å². The molecule has 3 N–H and O–H groups in total. The molecule has 2 saturated heterocycles. The zero-order chi connectivity index (χ0) is 45.7. The van der Waals surface area contributed by atoms with Crippen molar-refractivity contribution in [3.05, 3.63) is 142 Å². The molecule has 2 aromatic heterocycles. The second-order valence-electron chi connectivity index (χ2n) is 16.2. The van der Waals surface area contributed by atoms with Gasteiger partial charge in [0.15, 0.2) is 5.69 Å². The molecule has 330 valence electrons. The summed E-state index contributed by atoms with van der Waals surface area (Å²) in [6.45, 7) is 4.25. The van der Waals surface area contributed by atoms with Crippen molar-refractivity contribution < 1.29 is 28.0 Å².